The Balaban J connectivity index is 1.69. The molecule has 0 atom stereocenters. The predicted molar refractivity (Wildman–Crippen MR) is 92.3 cm³/mol. The molecular formula is C18H18N2O5. The number of ether oxygens (including phenoxy) is 3. The number of amides is 2. The van der Waals surface area contributed by atoms with Crippen LogP contribution in [0.5, 0.6) is 11.5 Å². The summed E-state index contributed by atoms with van der Waals surface area (Å²) in [6.45, 7) is 0.926. The highest BCUT2D eigenvalue weighted by molar-refractivity contribution is 6.05. The number of rotatable bonds is 5. The van der Waals surface area contributed by atoms with Gasteiger partial charge in [-0.2, -0.15) is 0 Å². The van der Waals surface area contributed by atoms with E-state index >= 15 is 0 Å². The number of hydrogen-bond acceptors (Lipinski definition) is 5. The van der Waals surface area contributed by atoms with Crippen LogP contribution in [0.25, 0.3) is 0 Å². The SMILES string of the molecule is COCC(=O)Nc1cccc(NC(=O)c2ccc3c(c2)OCCO3)c1. The summed E-state index contributed by atoms with van der Waals surface area (Å²) >= 11 is 0. The van der Waals surface area contributed by atoms with Crippen LogP contribution in [0, 0.1) is 0 Å². The zero-order valence-corrected chi connectivity index (χ0v) is 13.7. The minimum atomic E-state index is -0.280. The van der Waals surface area contributed by atoms with Gasteiger partial charge in [-0.3, -0.25) is 9.59 Å². The minimum absolute atomic E-state index is 0.0339. The van der Waals surface area contributed by atoms with Crippen LogP contribution in [0.1, 0.15) is 10.4 Å². The summed E-state index contributed by atoms with van der Waals surface area (Å²) in [7, 11) is 1.45. The van der Waals surface area contributed by atoms with Crippen LogP contribution in [-0.2, 0) is 9.53 Å². The van der Waals surface area contributed by atoms with Crippen LogP contribution in [0.2, 0.25) is 0 Å². The Bertz CT molecular complexity index is 791. The van der Waals surface area contributed by atoms with Crippen molar-refractivity contribution in [3.8, 4) is 11.5 Å². The quantitative estimate of drug-likeness (QED) is 0.871. The standard InChI is InChI=1S/C18H18N2O5/c1-23-11-17(21)19-13-3-2-4-14(10-13)20-18(22)12-5-6-15-16(9-12)25-8-7-24-15/h2-6,9-10H,7-8,11H2,1H3,(H,19,21)(H,20,22). The maximum Gasteiger partial charge on any atom is 0.255 e. The summed E-state index contributed by atoms with van der Waals surface area (Å²) in [6, 6.07) is 11.9. The first-order valence-corrected chi connectivity index (χ1v) is 7.75. The number of fused-ring (bicyclic) bond motifs is 1. The molecule has 25 heavy (non-hydrogen) atoms. The van der Waals surface area contributed by atoms with Gasteiger partial charge >= 0.3 is 0 Å². The summed E-state index contributed by atoms with van der Waals surface area (Å²) < 4.78 is 15.7. The summed E-state index contributed by atoms with van der Waals surface area (Å²) in [6.07, 6.45) is 0. The van der Waals surface area contributed by atoms with E-state index in [1.807, 2.05) is 0 Å². The van der Waals surface area contributed by atoms with Gasteiger partial charge in [-0.15, -0.1) is 0 Å². The van der Waals surface area contributed by atoms with Gasteiger partial charge < -0.3 is 24.8 Å². The molecule has 7 heteroatoms. The number of hydrogen-bond donors (Lipinski definition) is 2. The van der Waals surface area contributed by atoms with Crippen molar-refractivity contribution >= 4 is 23.2 Å². The molecule has 1 heterocycles. The maximum atomic E-state index is 12.4. The minimum Gasteiger partial charge on any atom is -0.486 e. The number of carbonyl (C=O) groups excluding carboxylic acids is 2. The first-order chi connectivity index (χ1) is 12.2. The van der Waals surface area contributed by atoms with Crippen LogP contribution >= 0.6 is 0 Å². The molecule has 1 aliphatic rings. The van der Waals surface area contributed by atoms with Gasteiger partial charge in [0.1, 0.15) is 19.8 Å². The number of benzene rings is 2. The summed E-state index contributed by atoms with van der Waals surface area (Å²) in [5, 5.41) is 5.48. The van der Waals surface area contributed by atoms with E-state index < -0.39 is 0 Å². The van der Waals surface area contributed by atoms with Crippen LogP contribution in [0.3, 0.4) is 0 Å². The largest absolute Gasteiger partial charge is 0.486 e. The number of nitrogens with one attached hydrogen (secondary N) is 2. The molecule has 7 nitrogen and oxygen atoms in total. The van der Waals surface area contributed by atoms with Gasteiger partial charge in [-0.05, 0) is 36.4 Å². The molecule has 0 aliphatic carbocycles. The first kappa shape index (κ1) is 16.8. The molecule has 2 N–H and O–H groups in total. The molecule has 130 valence electrons. The predicted octanol–water partition coefficient (Wildman–Crippen LogP) is 2.29. The fourth-order valence-electron chi connectivity index (χ4n) is 2.39. The van der Waals surface area contributed by atoms with Crippen molar-refractivity contribution in [1.29, 1.82) is 0 Å². The number of anilines is 2. The van der Waals surface area contributed by atoms with Crippen molar-refractivity contribution < 1.29 is 23.8 Å². The van der Waals surface area contributed by atoms with E-state index in [-0.39, 0.29) is 18.4 Å². The normalized spacial score (nSPS) is 12.4. The summed E-state index contributed by atoms with van der Waals surface area (Å²) in [5.74, 6) is 0.639. The van der Waals surface area contributed by atoms with Gasteiger partial charge in [-0.1, -0.05) is 6.07 Å². The van der Waals surface area contributed by atoms with Crippen molar-refractivity contribution in [3.05, 3.63) is 48.0 Å². The van der Waals surface area contributed by atoms with Gasteiger partial charge in [0.25, 0.3) is 5.91 Å². The second-order valence-corrected chi connectivity index (χ2v) is 5.37. The van der Waals surface area contributed by atoms with E-state index in [0.717, 1.165) is 0 Å². The van der Waals surface area contributed by atoms with E-state index in [2.05, 4.69) is 10.6 Å². The third-order valence-corrected chi connectivity index (χ3v) is 3.48. The van der Waals surface area contributed by atoms with Crippen molar-refractivity contribution in [2.75, 3.05) is 37.6 Å². The smallest absolute Gasteiger partial charge is 0.255 e. The highest BCUT2D eigenvalue weighted by Crippen LogP contribution is 2.31. The van der Waals surface area contributed by atoms with E-state index in [1.165, 1.54) is 7.11 Å². The van der Waals surface area contributed by atoms with Crippen LogP contribution in [0.4, 0.5) is 11.4 Å². The van der Waals surface area contributed by atoms with Crippen molar-refractivity contribution in [2.45, 2.75) is 0 Å². The second kappa shape index (κ2) is 7.67. The third-order valence-electron chi connectivity index (χ3n) is 3.48. The molecule has 2 amide bonds. The highest BCUT2D eigenvalue weighted by Gasteiger charge is 2.15. The zero-order valence-electron chi connectivity index (χ0n) is 13.7. The Kier molecular flexibility index (Phi) is 5.15. The monoisotopic (exact) mass is 342 g/mol. The topological polar surface area (TPSA) is 85.9 Å². The molecule has 0 fully saturated rings. The molecule has 0 bridgehead atoms. The highest BCUT2D eigenvalue weighted by atomic mass is 16.6. The summed E-state index contributed by atoms with van der Waals surface area (Å²) in [5.41, 5.74) is 1.59. The lowest BCUT2D eigenvalue weighted by atomic mass is 10.1. The lowest BCUT2D eigenvalue weighted by Crippen LogP contribution is -2.18. The lowest BCUT2D eigenvalue weighted by Gasteiger charge is -2.18. The molecule has 2 aromatic rings. The fourth-order valence-corrected chi connectivity index (χ4v) is 2.39. The maximum absolute atomic E-state index is 12.4. The van der Waals surface area contributed by atoms with Crippen molar-refractivity contribution in [1.82, 2.24) is 0 Å². The van der Waals surface area contributed by atoms with Gasteiger partial charge in [0.05, 0.1) is 0 Å². The molecule has 3 rings (SSSR count). The Hall–Kier alpha value is -3.06. The Morgan fingerprint density at radius 1 is 1.00 bits per heavy atom. The second-order valence-electron chi connectivity index (χ2n) is 5.37. The molecule has 0 spiro atoms. The fraction of sp³-hybridized carbons (Fsp3) is 0.222. The molecule has 0 saturated heterocycles. The van der Waals surface area contributed by atoms with Gasteiger partial charge in [0, 0.05) is 24.0 Å². The Morgan fingerprint density at radius 3 is 2.48 bits per heavy atom. The number of methoxy groups -OCH3 is 1. The Labute approximate surface area is 144 Å². The summed E-state index contributed by atoms with van der Waals surface area (Å²) in [4.78, 5) is 24.0. The van der Waals surface area contributed by atoms with Gasteiger partial charge in [-0.25, -0.2) is 0 Å². The average Bonchev–Trinajstić information content (AvgIpc) is 2.61. The van der Waals surface area contributed by atoms with Gasteiger partial charge in [0.15, 0.2) is 11.5 Å². The van der Waals surface area contributed by atoms with E-state index in [9.17, 15) is 9.59 Å². The third kappa shape index (κ3) is 4.27. The lowest BCUT2D eigenvalue weighted by molar-refractivity contribution is -0.119. The van der Waals surface area contributed by atoms with Crippen LogP contribution < -0.4 is 20.1 Å². The van der Waals surface area contributed by atoms with Crippen molar-refractivity contribution in [3.63, 3.8) is 0 Å². The molecule has 0 radical (unpaired) electrons. The molecule has 0 saturated carbocycles. The first-order valence-electron chi connectivity index (χ1n) is 7.75. The van der Waals surface area contributed by atoms with E-state index in [1.54, 1.807) is 42.5 Å². The van der Waals surface area contributed by atoms with Crippen LogP contribution in [0.15, 0.2) is 42.5 Å². The molecule has 0 aromatic heterocycles. The zero-order chi connectivity index (χ0) is 17.6. The van der Waals surface area contributed by atoms with Gasteiger partial charge in [0.2, 0.25) is 5.91 Å². The van der Waals surface area contributed by atoms with E-state index in [4.69, 9.17) is 14.2 Å². The van der Waals surface area contributed by atoms with Crippen LogP contribution in [-0.4, -0.2) is 38.7 Å². The van der Waals surface area contributed by atoms with E-state index in [0.29, 0.717) is 41.7 Å². The van der Waals surface area contributed by atoms with Crippen molar-refractivity contribution in [2.24, 2.45) is 0 Å². The molecular weight excluding hydrogens is 324 g/mol. The molecule has 2 aromatic carbocycles. The average molecular weight is 342 g/mol. The molecule has 0 unspecified atom stereocenters. The number of carbonyl (C=O) groups is 2. The molecule has 1 aliphatic heterocycles. The Morgan fingerprint density at radius 2 is 1.72 bits per heavy atom.